The van der Waals surface area contributed by atoms with Gasteiger partial charge in [0.25, 0.3) is 0 Å². The SMILES string of the molecule is CC1CCC(C(O)CCn2c(CCCCCCC(=O)O)c(O)[nH]c2=O)CC1. The molecule has 154 valence electrons. The Morgan fingerprint density at radius 3 is 2.52 bits per heavy atom. The van der Waals surface area contributed by atoms with Crippen molar-refractivity contribution in [2.45, 2.75) is 90.2 Å². The van der Waals surface area contributed by atoms with Gasteiger partial charge in [0.15, 0.2) is 0 Å². The Morgan fingerprint density at radius 2 is 1.85 bits per heavy atom. The molecule has 1 atom stereocenters. The van der Waals surface area contributed by atoms with Gasteiger partial charge >= 0.3 is 11.7 Å². The number of rotatable bonds is 11. The molecule has 0 spiro atoms. The summed E-state index contributed by atoms with van der Waals surface area (Å²) in [5, 5.41) is 29.1. The molecule has 1 aliphatic rings. The van der Waals surface area contributed by atoms with Gasteiger partial charge in [0.2, 0.25) is 5.88 Å². The van der Waals surface area contributed by atoms with Crippen molar-refractivity contribution in [1.29, 1.82) is 0 Å². The zero-order chi connectivity index (χ0) is 19.8. The Morgan fingerprint density at radius 1 is 1.19 bits per heavy atom. The molecule has 1 aliphatic carbocycles. The Balaban J connectivity index is 1.82. The van der Waals surface area contributed by atoms with Crippen LogP contribution in [0.25, 0.3) is 0 Å². The van der Waals surface area contributed by atoms with Crippen LogP contribution < -0.4 is 5.69 Å². The van der Waals surface area contributed by atoms with Gasteiger partial charge in [-0.3, -0.25) is 14.3 Å². The summed E-state index contributed by atoms with van der Waals surface area (Å²) in [6, 6.07) is 0. The van der Waals surface area contributed by atoms with Gasteiger partial charge in [0, 0.05) is 13.0 Å². The smallest absolute Gasteiger partial charge is 0.328 e. The van der Waals surface area contributed by atoms with E-state index in [9.17, 15) is 19.8 Å². The van der Waals surface area contributed by atoms with E-state index in [1.807, 2.05) is 0 Å². The fourth-order valence-corrected chi connectivity index (χ4v) is 4.07. The Kier molecular flexibility index (Phi) is 8.41. The third kappa shape index (κ3) is 6.72. The molecule has 1 heterocycles. The number of carbonyl (C=O) groups is 1. The summed E-state index contributed by atoms with van der Waals surface area (Å²) in [5.41, 5.74) is 0.251. The zero-order valence-electron chi connectivity index (χ0n) is 16.3. The first-order valence-corrected chi connectivity index (χ1v) is 10.3. The van der Waals surface area contributed by atoms with E-state index in [4.69, 9.17) is 5.11 Å². The number of aliphatic hydroxyl groups is 1. The number of aromatic nitrogens is 2. The minimum atomic E-state index is -0.780. The van der Waals surface area contributed by atoms with Crippen LogP contribution in [0.15, 0.2) is 4.79 Å². The molecule has 1 fully saturated rings. The van der Waals surface area contributed by atoms with Gasteiger partial charge < -0.3 is 15.3 Å². The highest BCUT2D eigenvalue weighted by molar-refractivity contribution is 5.66. The molecule has 0 bridgehead atoms. The summed E-state index contributed by atoms with van der Waals surface area (Å²) in [4.78, 5) is 25.1. The van der Waals surface area contributed by atoms with Crippen molar-refractivity contribution in [1.82, 2.24) is 9.55 Å². The number of carboxylic acids is 1. The van der Waals surface area contributed by atoms with E-state index in [1.54, 1.807) is 4.57 Å². The van der Waals surface area contributed by atoms with Gasteiger partial charge in [0.05, 0.1) is 11.8 Å². The van der Waals surface area contributed by atoms with Crippen LogP contribution in [-0.2, 0) is 17.8 Å². The first kappa shape index (κ1) is 21.5. The summed E-state index contributed by atoms with van der Waals surface area (Å²) in [7, 11) is 0. The van der Waals surface area contributed by atoms with Crippen molar-refractivity contribution in [2.75, 3.05) is 0 Å². The molecule has 7 heteroatoms. The number of carboxylic acid groups (broad SMARTS) is 1. The molecule has 1 aromatic heterocycles. The Bertz CT molecular complexity index is 643. The third-order valence-corrected chi connectivity index (χ3v) is 5.88. The van der Waals surface area contributed by atoms with E-state index in [0.29, 0.717) is 37.4 Å². The van der Waals surface area contributed by atoms with Gasteiger partial charge in [-0.15, -0.1) is 0 Å². The highest BCUT2D eigenvalue weighted by atomic mass is 16.4. The number of hydrogen-bond acceptors (Lipinski definition) is 4. The van der Waals surface area contributed by atoms with Crippen molar-refractivity contribution in [2.24, 2.45) is 11.8 Å². The minimum absolute atomic E-state index is 0.0912. The lowest BCUT2D eigenvalue weighted by Crippen LogP contribution is -2.28. The van der Waals surface area contributed by atoms with E-state index in [2.05, 4.69) is 11.9 Å². The molecule has 1 unspecified atom stereocenters. The predicted molar refractivity (Wildman–Crippen MR) is 103 cm³/mol. The van der Waals surface area contributed by atoms with E-state index >= 15 is 0 Å². The summed E-state index contributed by atoms with van der Waals surface area (Å²) >= 11 is 0. The number of imidazole rings is 1. The van der Waals surface area contributed by atoms with Crippen LogP contribution in [0.5, 0.6) is 5.88 Å². The molecule has 0 amide bonds. The maximum absolute atomic E-state index is 12.1. The number of unbranched alkanes of at least 4 members (excludes halogenated alkanes) is 3. The number of aliphatic hydroxyl groups excluding tert-OH is 1. The monoisotopic (exact) mass is 382 g/mol. The largest absolute Gasteiger partial charge is 0.493 e. The number of aliphatic carboxylic acids is 1. The van der Waals surface area contributed by atoms with Crippen molar-refractivity contribution >= 4 is 5.97 Å². The molecule has 0 aromatic carbocycles. The topological polar surface area (TPSA) is 116 Å². The van der Waals surface area contributed by atoms with Crippen LogP contribution in [0.1, 0.15) is 76.8 Å². The highest BCUT2D eigenvalue weighted by Crippen LogP contribution is 2.31. The maximum atomic E-state index is 12.1. The van der Waals surface area contributed by atoms with Crippen LogP contribution >= 0.6 is 0 Å². The summed E-state index contributed by atoms with van der Waals surface area (Å²) in [6.07, 6.45) is 8.34. The summed E-state index contributed by atoms with van der Waals surface area (Å²) in [6.45, 7) is 2.65. The van der Waals surface area contributed by atoms with E-state index in [1.165, 1.54) is 0 Å². The van der Waals surface area contributed by atoms with Crippen molar-refractivity contribution in [3.63, 3.8) is 0 Å². The van der Waals surface area contributed by atoms with Gasteiger partial charge in [-0.2, -0.15) is 0 Å². The summed E-state index contributed by atoms with van der Waals surface area (Å²) in [5.74, 6) is 0.173. The molecule has 1 aromatic rings. The van der Waals surface area contributed by atoms with Crippen LogP contribution in [0.4, 0.5) is 0 Å². The molecule has 0 saturated heterocycles. The first-order chi connectivity index (χ1) is 12.9. The average molecular weight is 383 g/mol. The molecular formula is C20H34N2O5. The van der Waals surface area contributed by atoms with Crippen molar-refractivity contribution in [3.05, 3.63) is 16.2 Å². The normalized spacial score (nSPS) is 21.3. The lowest BCUT2D eigenvalue weighted by molar-refractivity contribution is -0.137. The molecule has 1 saturated carbocycles. The van der Waals surface area contributed by atoms with Crippen molar-refractivity contribution in [3.8, 4) is 5.88 Å². The fraction of sp³-hybridized carbons (Fsp3) is 0.800. The molecular weight excluding hydrogens is 348 g/mol. The number of aromatic amines is 1. The molecule has 7 nitrogen and oxygen atoms in total. The van der Waals surface area contributed by atoms with Gasteiger partial charge in [-0.1, -0.05) is 32.6 Å². The first-order valence-electron chi connectivity index (χ1n) is 10.3. The van der Waals surface area contributed by atoms with Crippen LogP contribution in [0, 0.1) is 11.8 Å². The molecule has 0 aliphatic heterocycles. The predicted octanol–water partition coefficient (Wildman–Crippen LogP) is 3.04. The lowest BCUT2D eigenvalue weighted by atomic mass is 9.79. The third-order valence-electron chi connectivity index (χ3n) is 5.88. The maximum Gasteiger partial charge on any atom is 0.328 e. The molecule has 2 rings (SSSR count). The number of aromatic hydroxyl groups is 1. The minimum Gasteiger partial charge on any atom is -0.493 e. The zero-order valence-corrected chi connectivity index (χ0v) is 16.3. The average Bonchev–Trinajstić information content (AvgIpc) is 2.89. The van der Waals surface area contributed by atoms with Gasteiger partial charge in [0.1, 0.15) is 0 Å². The van der Waals surface area contributed by atoms with Gasteiger partial charge in [-0.25, -0.2) is 4.79 Å². The summed E-state index contributed by atoms with van der Waals surface area (Å²) < 4.78 is 1.54. The Hall–Kier alpha value is -1.76. The van der Waals surface area contributed by atoms with Crippen molar-refractivity contribution < 1.29 is 20.1 Å². The fourth-order valence-electron chi connectivity index (χ4n) is 4.07. The molecule has 27 heavy (non-hydrogen) atoms. The van der Waals surface area contributed by atoms with Crippen LogP contribution in [0.2, 0.25) is 0 Å². The second kappa shape index (κ2) is 10.5. The second-order valence-corrected chi connectivity index (χ2v) is 8.06. The molecule has 4 N–H and O–H groups in total. The van der Waals surface area contributed by atoms with E-state index < -0.39 is 12.1 Å². The molecule has 0 radical (unpaired) electrons. The number of H-pyrrole nitrogens is 1. The standard InChI is InChI=1S/C20H34N2O5/c1-14-8-10-15(11-9-14)17(23)12-13-22-16(19(26)21-20(22)27)6-4-2-3-5-7-18(24)25/h14-15,17,23,26H,2-13H2,1H3,(H,21,27)(H,24,25). The van der Waals surface area contributed by atoms with Gasteiger partial charge in [-0.05, 0) is 50.4 Å². The van der Waals surface area contributed by atoms with E-state index in [-0.39, 0.29) is 18.0 Å². The Labute approximate surface area is 160 Å². The lowest BCUT2D eigenvalue weighted by Gasteiger charge is -2.30. The number of nitrogens with zero attached hydrogens (tertiary/aromatic N) is 1. The van der Waals surface area contributed by atoms with Crippen LogP contribution in [0.3, 0.4) is 0 Å². The second-order valence-electron chi connectivity index (χ2n) is 8.06. The van der Waals surface area contributed by atoms with E-state index in [0.717, 1.165) is 50.9 Å². The highest BCUT2D eigenvalue weighted by Gasteiger charge is 2.25. The number of hydrogen-bond donors (Lipinski definition) is 4. The number of nitrogens with one attached hydrogen (secondary N) is 1. The quantitative estimate of drug-likeness (QED) is 0.439. The van der Waals surface area contributed by atoms with Crippen LogP contribution in [-0.4, -0.2) is 36.9 Å².